The van der Waals surface area contributed by atoms with E-state index in [9.17, 15) is 0 Å². The summed E-state index contributed by atoms with van der Waals surface area (Å²) >= 11 is 0. The van der Waals surface area contributed by atoms with Crippen LogP contribution in [0.2, 0.25) is 0 Å². The smallest absolute Gasteiger partial charge is 0.150 e. The van der Waals surface area contributed by atoms with Crippen LogP contribution in [-0.2, 0) is 25.9 Å². The van der Waals surface area contributed by atoms with Crippen molar-refractivity contribution in [3.8, 4) is 0 Å². The molecule has 0 saturated heterocycles. The first-order chi connectivity index (χ1) is 8.76. The Morgan fingerprint density at radius 3 is 2.61 bits per heavy atom. The summed E-state index contributed by atoms with van der Waals surface area (Å²) in [6.07, 6.45) is 3.56. The van der Waals surface area contributed by atoms with Gasteiger partial charge in [-0.25, -0.2) is 9.67 Å². The third kappa shape index (κ3) is 2.73. The van der Waals surface area contributed by atoms with Crippen LogP contribution in [-0.4, -0.2) is 19.7 Å². The molecule has 0 atom stereocenters. The maximum absolute atomic E-state index is 5.55. The summed E-state index contributed by atoms with van der Waals surface area (Å²) in [6.45, 7) is 5.34. The second-order valence-corrected chi connectivity index (χ2v) is 4.17. The highest BCUT2D eigenvalue weighted by molar-refractivity contribution is 5.14. The van der Waals surface area contributed by atoms with Crippen LogP contribution in [0.25, 0.3) is 0 Å². The largest absolute Gasteiger partial charge is 0.326 e. The summed E-state index contributed by atoms with van der Waals surface area (Å²) in [5.74, 6) is 1.90. The van der Waals surface area contributed by atoms with E-state index in [2.05, 4.69) is 28.9 Å². The average molecular weight is 245 g/mol. The second kappa shape index (κ2) is 5.73. The maximum atomic E-state index is 5.55. The zero-order chi connectivity index (χ0) is 13.0. The Hall–Kier alpha value is -1.75. The molecule has 0 aliphatic carbocycles. The minimum Gasteiger partial charge on any atom is -0.326 e. The lowest BCUT2D eigenvalue weighted by molar-refractivity contribution is 0.626. The number of rotatable bonds is 5. The molecular weight excluding hydrogens is 226 g/mol. The monoisotopic (exact) mass is 245 g/mol. The SMILES string of the molecule is CCc1nc(CC)n(Cc2ccc(CN)cn2)n1. The first-order valence-corrected chi connectivity index (χ1v) is 6.33. The van der Waals surface area contributed by atoms with E-state index in [1.807, 2.05) is 23.0 Å². The molecule has 0 saturated carbocycles. The van der Waals surface area contributed by atoms with E-state index in [1.165, 1.54) is 0 Å². The summed E-state index contributed by atoms with van der Waals surface area (Å²) in [5, 5.41) is 4.48. The van der Waals surface area contributed by atoms with E-state index < -0.39 is 0 Å². The minimum absolute atomic E-state index is 0.525. The standard InChI is InChI=1S/C13H19N5/c1-3-12-16-13(4-2)18(17-12)9-11-6-5-10(7-14)8-15-11/h5-6,8H,3-4,7,9,14H2,1-2H3. The lowest BCUT2D eigenvalue weighted by Crippen LogP contribution is -2.08. The van der Waals surface area contributed by atoms with Gasteiger partial charge < -0.3 is 5.73 Å². The topological polar surface area (TPSA) is 69.6 Å². The predicted molar refractivity (Wildman–Crippen MR) is 70.0 cm³/mol. The minimum atomic E-state index is 0.525. The van der Waals surface area contributed by atoms with Gasteiger partial charge in [-0.2, -0.15) is 5.10 Å². The van der Waals surface area contributed by atoms with Gasteiger partial charge in [0, 0.05) is 25.6 Å². The molecule has 2 heterocycles. The molecule has 2 aromatic rings. The fourth-order valence-corrected chi connectivity index (χ4v) is 1.79. The first-order valence-electron chi connectivity index (χ1n) is 6.33. The third-order valence-corrected chi connectivity index (χ3v) is 2.86. The van der Waals surface area contributed by atoms with Crippen LogP contribution in [0, 0.1) is 0 Å². The van der Waals surface area contributed by atoms with Crippen LogP contribution >= 0.6 is 0 Å². The van der Waals surface area contributed by atoms with Gasteiger partial charge in [0.25, 0.3) is 0 Å². The maximum Gasteiger partial charge on any atom is 0.150 e. The highest BCUT2D eigenvalue weighted by Crippen LogP contribution is 2.06. The molecule has 0 aromatic carbocycles. The van der Waals surface area contributed by atoms with Gasteiger partial charge in [0.1, 0.15) is 5.82 Å². The molecule has 0 amide bonds. The van der Waals surface area contributed by atoms with Gasteiger partial charge >= 0.3 is 0 Å². The number of aromatic nitrogens is 4. The Kier molecular flexibility index (Phi) is 4.04. The van der Waals surface area contributed by atoms with Gasteiger partial charge in [0.05, 0.1) is 12.2 Å². The number of hydrogen-bond donors (Lipinski definition) is 1. The molecule has 2 N–H and O–H groups in total. The van der Waals surface area contributed by atoms with Crippen molar-refractivity contribution in [2.45, 2.75) is 39.8 Å². The van der Waals surface area contributed by atoms with Gasteiger partial charge in [-0.3, -0.25) is 4.98 Å². The van der Waals surface area contributed by atoms with Crippen LogP contribution in [0.15, 0.2) is 18.3 Å². The summed E-state index contributed by atoms with van der Waals surface area (Å²) in [5.41, 5.74) is 7.58. The number of aryl methyl sites for hydroxylation is 2. The van der Waals surface area contributed by atoms with Crippen molar-refractivity contribution < 1.29 is 0 Å². The molecular formula is C13H19N5. The third-order valence-electron chi connectivity index (χ3n) is 2.86. The number of nitrogens with zero attached hydrogens (tertiary/aromatic N) is 4. The Balaban J connectivity index is 2.18. The van der Waals surface area contributed by atoms with Gasteiger partial charge in [-0.05, 0) is 11.6 Å². The Bertz CT molecular complexity index is 501. The van der Waals surface area contributed by atoms with Crippen molar-refractivity contribution in [1.29, 1.82) is 0 Å². The number of hydrogen-bond acceptors (Lipinski definition) is 4. The summed E-state index contributed by atoms with van der Waals surface area (Å²) < 4.78 is 1.93. The molecule has 18 heavy (non-hydrogen) atoms. The van der Waals surface area contributed by atoms with Crippen LogP contribution in [0.4, 0.5) is 0 Å². The number of pyridine rings is 1. The first kappa shape index (κ1) is 12.7. The second-order valence-electron chi connectivity index (χ2n) is 4.17. The molecule has 2 rings (SSSR count). The molecule has 0 bridgehead atoms. The van der Waals surface area contributed by atoms with Gasteiger partial charge in [0.15, 0.2) is 5.82 Å². The zero-order valence-electron chi connectivity index (χ0n) is 10.9. The fraction of sp³-hybridized carbons (Fsp3) is 0.462. The average Bonchev–Trinajstić information content (AvgIpc) is 2.82. The normalized spacial score (nSPS) is 10.8. The van der Waals surface area contributed by atoms with Gasteiger partial charge in [-0.15, -0.1) is 0 Å². The van der Waals surface area contributed by atoms with E-state index >= 15 is 0 Å². The highest BCUT2D eigenvalue weighted by Gasteiger charge is 2.07. The molecule has 0 spiro atoms. The molecule has 96 valence electrons. The molecule has 0 aliphatic rings. The van der Waals surface area contributed by atoms with Crippen LogP contribution in [0.1, 0.15) is 36.8 Å². The lowest BCUT2D eigenvalue weighted by atomic mass is 10.2. The quantitative estimate of drug-likeness (QED) is 0.862. The highest BCUT2D eigenvalue weighted by atomic mass is 15.3. The Labute approximate surface area is 107 Å². The molecule has 5 nitrogen and oxygen atoms in total. The molecule has 0 fully saturated rings. The summed E-state index contributed by atoms with van der Waals surface area (Å²) in [6, 6.07) is 4.00. The van der Waals surface area contributed by atoms with E-state index in [4.69, 9.17) is 5.73 Å². The van der Waals surface area contributed by atoms with Gasteiger partial charge in [0.2, 0.25) is 0 Å². The zero-order valence-corrected chi connectivity index (χ0v) is 10.9. The van der Waals surface area contributed by atoms with Crippen molar-refractivity contribution in [3.63, 3.8) is 0 Å². The number of nitrogens with two attached hydrogens (primary N) is 1. The van der Waals surface area contributed by atoms with E-state index in [1.54, 1.807) is 0 Å². The fourth-order valence-electron chi connectivity index (χ4n) is 1.79. The van der Waals surface area contributed by atoms with Crippen molar-refractivity contribution >= 4 is 0 Å². The van der Waals surface area contributed by atoms with E-state index in [0.717, 1.165) is 35.7 Å². The summed E-state index contributed by atoms with van der Waals surface area (Å²) in [4.78, 5) is 8.87. The molecule has 2 aromatic heterocycles. The van der Waals surface area contributed by atoms with E-state index in [-0.39, 0.29) is 0 Å². The van der Waals surface area contributed by atoms with Crippen LogP contribution in [0.5, 0.6) is 0 Å². The lowest BCUT2D eigenvalue weighted by Gasteiger charge is -2.04. The Morgan fingerprint density at radius 2 is 2.06 bits per heavy atom. The van der Waals surface area contributed by atoms with Crippen LogP contribution in [0.3, 0.4) is 0 Å². The molecule has 0 aliphatic heterocycles. The molecule has 0 radical (unpaired) electrons. The van der Waals surface area contributed by atoms with Crippen molar-refractivity contribution in [2.75, 3.05) is 0 Å². The molecule has 5 heteroatoms. The molecule has 0 unspecified atom stereocenters. The van der Waals surface area contributed by atoms with Crippen LogP contribution < -0.4 is 5.73 Å². The van der Waals surface area contributed by atoms with Gasteiger partial charge in [-0.1, -0.05) is 19.9 Å². The van der Waals surface area contributed by atoms with Crippen molar-refractivity contribution in [1.82, 2.24) is 19.7 Å². The van der Waals surface area contributed by atoms with Crippen molar-refractivity contribution in [3.05, 3.63) is 41.2 Å². The Morgan fingerprint density at radius 1 is 1.22 bits per heavy atom. The van der Waals surface area contributed by atoms with E-state index in [0.29, 0.717) is 13.1 Å². The van der Waals surface area contributed by atoms with Crippen molar-refractivity contribution in [2.24, 2.45) is 5.73 Å². The summed E-state index contributed by atoms with van der Waals surface area (Å²) in [7, 11) is 0. The predicted octanol–water partition coefficient (Wildman–Crippen LogP) is 1.30.